The van der Waals surface area contributed by atoms with E-state index in [1.54, 1.807) is 15.2 Å². The van der Waals surface area contributed by atoms with E-state index in [4.69, 9.17) is 14.7 Å². The van der Waals surface area contributed by atoms with Crippen LogP contribution in [0.5, 0.6) is 0 Å². The van der Waals surface area contributed by atoms with Crippen molar-refractivity contribution in [3.05, 3.63) is 64.1 Å². The van der Waals surface area contributed by atoms with Crippen molar-refractivity contribution in [3.8, 4) is 11.8 Å². The normalized spacial score (nSPS) is 14.8. The van der Waals surface area contributed by atoms with Crippen LogP contribution in [0.4, 0.5) is 0 Å². The molecule has 1 saturated heterocycles. The highest BCUT2D eigenvalue weighted by Gasteiger charge is 2.19. The lowest BCUT2D eigenvalue weighted by Crippen LogP contribution is -2.25. The minimum absolute atomic E-state index is 0.103. The molecule has 26 heavy (non-hydrogen) atoms. The van der Waals surface area contributed by atoms with Gasteiger partial charge in [0.1, 0.15) is 0 Å². The topological polar surface area (TPSA) is 69.2 Å². The molecule has 1 aliphatic rings. The molecule has 0 atom stereocenters. The highest BCUT2D eigenvalue weighted by atomic mass is 16.7. The Bertz CT molecular complexity index is 1050. The first-order valence-electron chi connectivity index (χ1n) is 8.63. The van der Waals surface area contributed by atoms with E-state index in [9.17, 15) is 4.79 Å². The SMILES string of the molecule is Cc1cc(-n2c(=O)n(CCC3OCCO3)c3ccccc32)ccc1C#N. The van der Waals surface area contributed by atoms with Gasteiger partial charge in [-0.15, -0.1) is 0 Å². The van der Waals surface area contributed by atoms with Gasteiger partial charge in [-0.25, -0.2) is 4.79 Å². The Kier molecular flexibility index (Phi) is 4.33. The van der Waals surface area contributed by atoms with Gasteiger partial charge in [-0.1, -0.05) is 12.1 Å². The molecule has 4 rings (SSSR count). The monoisotopic (exact) mass is 349 g/mol. The number of benzene rings is 2. The number of nitrogens with zero attached hydrogens (tertiary/aromatic N) is 3. The number of rotatable bonds is 4. The first-order valence-corrected chi connectivity index (χ1v) is 8.63. The van der Waals surface area contributed by atoms with E-state index >= 15 is 0 Å². The van der Waals surface area contributed by atoms with Crippen LogP contribution in [0.25, 0.3) is 16.7 Å². The number of aromatic nitrogens is 2. The van der Waals surface area contributed by atoms with Gasteiger partial charge in [-0.2, -0.15) is 5.26 Å². The number of fused-ring (bicyclic) bond motifs is 1. The third-order valence-corrected chi connectivity index (χ3v) is 4.70. The number of nitriles is 1. The van der Waals surface area contributed by atoms with Crippen molar-refractivity contribution in [1.82, 2.24) is 9.13 Å². The maximum absolute atomic E-state index is 13.1. The van der Waals surface area contributed by atoms with Crippen molar-refractivity contribution in [3.63, 3.8) is 0 Å². The Balaban J connectivity index is 1.80. The van der Waals surface area contributed by atoms with Gasteiger partial charge in [0, 0.05) is 13.0 Å². The van der Waals surface area contributed by atoms with Crippen molar-refractivity contribution in [2.75, 3.05) is 13.2 Å². The Morgan fingerprint density at radius 2 is 1.88 bits per heavy atom. The molecular formula is C20H19N3O3. The number of hydrogen-bond donors (Lipinski definition) is 0. The minimum atomic E-state index is -0.249. The van der Waals surface area contributed by atoms with E-state index in [1.165, 1.54) is 0 Å². The molecule has 0 N–H and O–H groups in total. The van der Waals surface area contributed by atoms with Crippen LogP contribution in [0, 0.1) is 18.3 Å². The van der Waals surface area contributed by atoms with E-state index in [1.807, 2.05) is 43.3 Å². The Labute approximate surface area is 150 Å². The zero-order valence-corrected chi connectivity index (χ0v) is 14.5. The standard InChI is InChI=1S/C20H19N3O3/c1-14-12-16(7-6-15(14)13-21)23-18-5-3-2-4-17(18)22(20(23)24)9-8-19-25-10-11-26-19/h2-7,12,19H,8-11H2,1H3. The smallest absolute Gasteiger partial charge is 0.333 e. The summed E-state index contributed by atoms with van der Waals surface area (Å²) in [6.07, 6.45) is 0.376. The quantitative estimate of drug-likeness (QED) is 0.726. The molecule has 0 spiro atoms. The second-order valence-electron chi connectivity index (χ2n) is 6.33. The molecule has 2 aromatic carbocycles. The lowest BCUT2D eigenvalue weighted by molar-refractivity contribution is -0.0490. The van der Waals surface area contributed by atoms with Gasteiger partial charge in [0.25, 0.3) is 0 Å². The second kappa shape index (κ2) is 6.79. The molecule has 6 nitrogen and oxygen atoms in total. The fraction of sp³-hybridized carbons (Fsp3) is 0.300. The lowest BCUT2D eigenvalue weighted by atomic mass is 10.1. The zero-order chi connectivity index (χ0) is 18.1. The summed E-state index contributed by atoms with van der Waals surface area (Å²) in [5.41, 5.74) is 3.83. The summed E-state index contributed by atoms with van der Waals surface area (Å²) in [5, 5.41) is 9.14. The predicted molar refractivity (Wildman–Crippen MR) is 97.3 cm³/mol. The first-order chi connectivity index (χ1) is 12.7. The average molecular weight is 349 g/mol. The molecule has 132 valence electrons. The van der Waals surface area contributed by atoms with E-state index in [0.717, 1.165) is 22.3 Å². The first kappa shape index (κ1) is 16.6. The molecule has 1 aromatic heterocycles. The molecule has 0 saturated carbocycles. The van der Waals surface area contributed by atoms with Crippen LogP contribution >= 0.6 is 0 Å². The van der Waals surface area contributed by atoms with Crippen molar-refractivity contribution in [2.24, 2.45) is 0 Å². The lowest BCUT2D eigenvalue weighted by Gasteiger charge is -2.09. The number of para-hydroxylation sites is 2. The molecule has 0 unspecified atom stereocenters. The van der Waals surface area contributed by atoms with Crippen LogP contribution in [-0.2, 0) is 16.0 Å². The summed E-state index contributed by atoms with van der Waals surface area (Å²) in [4.78, 5) is 13.1. The summed E-state index contributed by atoms with van der Waals surface area (Å²) in [6, 6.07) is 15.3. The molecule has 3 aromatic rings. The molecule has 0 aliphatic carbocycles. The fourth-order valence-corrected chi connectivity index (χ4v) is 3.39. The second-order valence-corrected chi connectivity index (χ2v) is 6.33. The summed E-state index contributed by atoms with van der Waals surface area (Å²) in [6.45, 7) is 3.60. The molecule has 1 fully saturated rings. The number of imidazole rings is 1. The molecule has 0 amide bonds. The summed E-state index contributed by atoms with van der Waals surface area (Å²) in [5.74, 6) is 0. The Hall–Kier alpha value is -2.88. The third-order valence-electron chi connectivity index (χ3n) is 4.70. The van der Waals surface area contributed by atoms with Gasteiger partial charge in [0.05, 0.1) is 41.6 Å². The van der Waals surface area contributed by atoms with Crippen LogP contribution in [0.3, 0.4) is 0 Å². The number of aryl methyl sites for hydroxylation is 2. The number of hydrogen-bond acceptors (Lipinski definition) is 4. The molecule has 0 radical (unpaired) electrons. The van der Waals surface area contributed by atoms with Gasteiger partial charge in [-0.3, -0.25) is 9.13 Å². The van der Waals surface area contributed by atoms with Crippen LogP contribution in [0.15, 0.2) is 47.3 Å². The van der Waals surface area contributed by atoms with Gasteiger partial charge < -0.3 is 9.47 Å². The van der Waals surface area contributed by atoms with E-state index in [-0.39, 0.29) is 12.0 Å². The number of ether oxygens (including phenoxy) is 2. The van der Waals surface area contributed by atoms with Crippen molar-refractivity contribution in [1.29, 1.82) is 5.26 Å². The largest absolute Gasteiger partial charge is 0.350 e. The van der Waals surface area contributed by atoms with Gasteiger partial charge >= 0.3 is 5.69 Å². The molecular weight excluding hydrogens is 330 g/mol. The maximum Gasteiger partial charge on any atom is 0.333 e. The summed E-state index contributed by atoms with van der Waals surface area (Å²) in [7, 11) is 0. The van der Waals surface area contributed by atoms with Gasteiger partial charge in [-0.05, 0) is 42.8 Å². The van der Waals surface area contributed by atoms with Gasteiger partial charge in [0.2, 0.25) is 0 Å². The van der Waals surface area contributed by atoms with Crippen molar-refractivity contribution < 1.29 is 9.47 Å². The molecule has 1 aliphatic heterocycles. The highest BCUT2D eigenvalue weighted by Crippen LogP contribution is 2.20. The predicted octanol–water partition coefficient (Wildman–Crippen LogP) is 2.74. The highest BCUT2D eigenvalue weighted by molar-refractivity contribution is 5.78. The van der Waals surface area contributed by atoms with Crippen molar-refractivity contribution >= 4 is 11.0 Å². The van der Waals surface area contributed by atoms with Crippen LogP contribution in [0.1, 0.15) is 17.5 Å². The molecule has 0 bridgehead atoms. The van der Waals surface area contributed by atoms with Crippen LogP contribution < -0.4 is 5.69 Å². The maximum atomic E-state index is 13.1. The van der Waals surface area contributed by atoms with Crippen LogP contribution in [-0.4, -0.2) is 28.6 Å². The van der Waals surface area contributed by atoms with Gasteiger partial charge in [0.15, 0.2) is 6.29 Å². The summed E-state index contributed by atoms with van der Waals surface area (Å²) < 4.78 is 14.4. The van der Waals surface area contributed by atoms with Crippen molar-refractivity contribution in [2.45, 2.75) is 26.2 Å². The Morgan fingerprint density at radius 1 is 1.15 bits per heavy atom. The van der Waals surface area contributed by atoms with E-state index < -0.39 is 0 Å². The van der Waals surface area contributed by atoms with E-state index in [2.05, 4.69) is 6.07 Å². The van der Waals surface area contributed by atoms with E-state index in [0.29, 0.717) is 31.7 Å². The fourth-order valence-electron chi connectivity index (χ4n) is 3.39. The third kappa shape index (κ3) is 2.81. The molecule has 6 heteroatoms. The zero-order valence-electron chi connectivity index (χ0n) is 14.5. The molecule has 2 heterocycles. The Morgan fingerprint density at radius 3 is 2.58 bits per heavy atom. The minimum Gasteiger partial charge on any atom is -0.350 e. The van der Waals surface area contributed by atoms with Crippen LogP contribution in [0.2, 0.25) is 0 Å². The average Bonchev–Trinajstić information content (AvgIpc) is 3.25. The summed E-state index contributed by atoms with van der Waals surface area (Å²) >= 11 is 0.